The van der Waals surface area contributed by atoms with Gasteiger partial charge in [0.25, 0.3) is 0 Å². The van der Waals surface area contributed by atoms with Gasteiger partial charge in [-0.2, -0.15) is 0 Å². The molecule has 19 heavy (non-hydrogen) atoms. The molecule has 2 N–H and O–H groups in total. The second-order valence-electron chi connectivity index (χ2n) is 3.72. The van der Waals surface area contributed by atoms with Gasteiger partial charge >= 0.3 is 29.6 Å². The van der Waals surface area contributed by atoms with E-state index in [4.69, 9.17) is 22.0 Å². The van der Waals surface area contributed by atoms with Gasteiger partial charge in [0.2, 0.25) is 0 Å². The molecule has 0 aliphatic carbocycles. The van der Waals surface area contributed by atoms with E-state index in [1.807, 2.05) is 6.92 Å². The molecule has 1 atom stereocenters. The van der Waals surface area contributed by atoms with Gasteiger partial charge in [-0.3, -0.25) is 11.8 Å². The molecule has 0 aliphatic rings. The summed E-state index contributed by atoms with van der Waals surface area (Å²) < 4.78 is 24.8. The van der Waals surface area contributed by atoms with Gasteiger partial charge in [0.15, 0.2) is 0 Å². The first kappa shape index (κ1) is 21.6. The first-order valence-corrected chi connectivity index (χ1v) is 7.05. The molecule has 0 saturated heterocycles. The van der Waals surface area contributed by atoms with Crippen LogP contribution in [0.5, 0.6) is 0 Å². The zero-order valence-electron chi connectivity index (χ0n) is 11.2. The van der Waals surface area contributed by atoms with Gasteiger partial charge in [0.1, 0.15) is 10.0 Å². The molecule has 1 aromatic carbocycles. The van der Waals surface area contributed by atoms with Crippen LogP contribution in [0.1, 0.15) is 18.9 Å². The van der Waals surface area contributed by atoms with Gasteiger partial charge in [-0.05, 0) is 32.4 Å². The van der Waals surface area contributed by atoms with Crippen molar-refractivity contribution in [2.45, 2.75) is 31.3 Å². The van der Waals surface area contributed by atoms with Crippen LogP contribution in [0.3, 0.4) is 0 Å². The average Bonchev–Trinajstić information content (AvgIpc) is 2.30. The smallest absolute Gasteiger partial charge is 0.458 e. The summed E-state index contributed by atoms with van der Waals surface area (Å²) in [5, 5.41) is 16.5. The largest absolute Gasteiger partial charge is 1.00 e. The van der Waals surface area contributed by atoms with Gasteiger partial charge in [-0.25, -0.2) is 8.42 Å². The van der Waals surface area contributed by atoms with Crippen molar-refractivity contribution < 1.29 is 48.2 Å². The van der Waals surface area contributed by atoms with Crippen LogP contribution < -0.4 is 29.6 Å². The molecule has 1 aromatic rings. The molecule has 0 spiro atoms. The molecule has 0 aliphatic heterocycles. The van der Waals surface area contributed by atoms with Crippen LogP contribution in [0.25, 0.3) is 4.24 Å². The van der Waals surface area contributed by atoms with Gasteiger partial charge in [-0.15, -0.1) is 0 Å². The Hall–Kier alpha value is 0.340. The second kappa shape index (κ2) is 11.0. The van der Waals surface area contributed by atoms with Crippen molar-refractivity contribution in [1.29, 1.82) is 0 Å². The van der Waals surface area contributed by atoms with E-state index in [1.165, 1.54) is 12.1 Å². The third-order valence-corrected chi connectivity index (χ3v) is 3.55. The maximum atomic E-state index is 11.0. The number of rotatable bonds is 4. The zero-order valence-corrected chi connectivity index (χ0v) is 14.8. The van der Waals surface area contributed by atoms with E-state index in [9.17, 15) is 8.42 Å². The molecule has 8 heteroatoms. The van der Waals surface area contributed by atoms with Crippen molar-refractivity contribution in [3.8, 4) is 0 Å². The molecule has 0 bridgehead atoms. The molecule has 1 unspecified atom stereocenters. The van der Waals surface area contributed by atoms with Gasteiger partial charge in [0.05, 0.1) is 6.10 Å². The Morgan fingerprint density at radius 3 is 2.05 bits per heavy atom. The van der Waals surface area contributed by atoms with Gasteiger partial charge < -0.3 is 14.5 Å². The van der Waals surface area contributed by atoms with Crippen LogP contribution in [0.4, 0.5) is 0 Å². The Balaban J connectivity index is 0. The summed E-state index contributed by atoms with van der Waals surface area (Å²) in [7, 11) is -3.62. The van der Waals surface area contributed by atoms with E-state index < -0.39 is 10.0 Å². The number of hydrogen-bond acceptors (Lipinski definition) is 4. The van der Waals surface area contributed by atoms with E-state index in [2.05, 4.69) is 4.24 Å². The zero-order chi connectivity index (χ0) is 14.2. The standard InChI is InChI=1S/C7H7ClNO2S.C4H10O2.Na/c1-6-2-4-7(5-3-6)12(10,11)9-8;1-4(6)2-3-5;/h2-5H,1H3;4-6H,2-3H2,1H3;/q-1;;+1. The molecule has 0 heterocycles. The Labute approximate surface area is 141 Å². The van der Waals surface area contributed by atoms with E-state index in [0.29, 0.717) is 6.42 Å². The predicted molar refractivity (Wildman–Crippen MR) is 71.0 cm³/mol. The van der Waals surface area contributed by atoms with Crippen molar-refractivity contribution in [3.63, 3.8) is 0 Å². The molecule has 1 rings (SSSR count). The van der Waals surface area contributed by atoms with E-state index >= 15 is 0 Å². The van der Waals surface area contributed by atoms with Crippen LogP contribution in [0.15, 0.2) is 29.2 Å². The fourth-order valence-corrected chi connectivity index (χ4v) is 1.74. The minimum Gasteiger partial charge on any atom is -0.458 e. The third-order valence-electron chi connectivity index (χ3n) is 1.96. The van der Waals surface area contributed by atoms with Crippen molar-refractivity contribution in [2.75, 3.05) is 6.61 Å². The van der Waals surface area contributed by atoms with Gasteiger partial charge in [-0.1, -0.05) is 17.7 Å². The summed E-state index contributed by atoms with van der Waals surface area (Å²) in [5.41, 5.74) is 0.989. The Kier molecular flexibility index (Phi) is 12.6. The first-order valence-electron chi connectivity index (χ1n) is 5.27. The maximum absolute atomic E-state index is 11.0. The number of sulfonamides is 1. The molecule has 0 fully saturated rings. The van der Waals surface area contributed by atoms with Crippen LogP contribution >= 0.6 is 11.8 Å². The molecule has 0 saturated carbocycles. The van der Waals surface area contributed by atoms with Crippen LogP contribution in [-0.4, -0.2) is 31.3 Å². The van der Waals surface area contributed by atoms with Crippen molar-refractivity contribution in [2.24, 2.45) is 0 Å². The van der Waals surface area contributed by atoms with E-state index in [0.717, 1.165) is 5.56 Å². The van der Waals surface area contributed by atoms with E-state index in [-0.39, 0.29) is 47.2 Å². The van der Waals surface area contributed by atoms with Crippen molar-refractivity contribution >= 4 is 21.8 Å². The molecule has 104 valence electrons. The molecular formula is C11H17ClNNaO4S. The fraction of sp³-hybridized carbons (Fsp3) is 0.455. The minimum absolute atomic E-state index is 0. The van der Waals surface area contributed by atoms with Crippen LogP contribution in [0, 0.1) is 6.92 Å². The van der Waals surface area contributed by atoms with E-state index in [1.54, 1.807) is 19.1 Å². The SMILES string of the molecule is CC(O)CCO.Cc1ccc(S(=O)(=O)[N-]Cl)cc1.[Na+]. The quantitative estimate of drug-likeness (QED) is 0.695. The van der Waals surface area contributed by atoms with Crippen molar-refractivity contribution in [3.05, 3.63) is 34.1 Å². The minimum atomic E-state index is -3.62. The van der Waals surface area contributed by atoms with Crippen LogP contribution in [-0.2, 0) is 10.0 Å². The predicted octanol–water partition coefficient (Wildman–Crippen LogP) is -1.04. The topological polar surface area (TPSA) is 88.7 Å². The number of aliphatic hydroxyl groups excluding tert-OH is 2. The normalized spacial score (nSPS) is 11.8. The third kappa shape index (κ3) is 9.81. The average molecular weight is 318 g/mol. The van der Waals surface area contributed by atoms with Crippen molar-refractivity contribution in [1.82, 2.24) is 0 Å². The number of nitrogens with zero attached hydrogens (tertiary/aromatic N) is 1. The summed E-state index contributed by atoms with van der Waals surface area (Å²) >= 11 is 4.90. The summed E-state index contributed by atoms with van der Waals surface area (Å²) in [5.74, 6) is 0. The van der Waals surface area contributed by atoms with Gasteiger partial charge in [0, 0.05) is 11.5 Å². The molecule has 0 radical (unpaired) electrons. The second-order valence-corrected chi connectivity index (χ2v) is 5.69. The molecule has 0 aromatic heterocycles. The number of aryl methyl sites for hydroxylation is 1. The number of hydrogen-bond donors (Lipinski definition) is 2. The Bertz CT molecular complexity index is 437. The Morgan fingerprint density at radius 2 is 1.79 bits per heavy atom. The summed E-state index contributed by atoms with van der Waals surface area (Å²) in [6, 6.07) is 6.32. The number of halogens is 1. The monoisotopic (exact) mass is 317 g/mol. The first-order chi connectivity index (χ1) is 8.33. The fourth-order valence-electron chi connectivity index (χ4n) is 0.937. The summed E-state index contributed by atoms with van der Waals surface area (Å²) in [6.07, 6.45) is 0.134. The number of benzene rings is 1. The molecular weight excluding hydrogens is 301 g/mol. The molecule has 0 amide bonds. The summed E-state index contributed by atoms with van der Waals surface area (Å²) in [6.45, 7) is 3.60. The number of aliphatic hydroxyl groups is 2. The molecule has 5 nitrogen and oxygen atoms in total. The Morgan fingerprint density at radius 1 is 1.32 bits per heavy atom. The summed E-state index contributed by atoms with van der Waals surface area (Å²) in [4.78, 5) is 0.114. The van der Waals surface area contributed by atoms with Crippen LogP contribution in [0.2, 0.25) is 0 Å². The maximum Gasteiger partial charge on any atom is 1.00 e.